The lowest BCUT2D eigenvalue weighted by molar-refractivity contribution is -0.141. The van der Waals surface area contributed by atoms with Crippen LogP contribution in [0.1, 0.15) is 18.4 Å². The van der Waals surface area contributed by atoms with E-state index in [1.807, 2.05) is 30.3 Å². The third-order valence-corrected chi connectivity index (χ3v) is 5.78. The normalized spacial score (nSPS) is 14.1. The number of carbonyl (C=O) groups is 3. The molecule has 4 rings (SSSR count). The number of amides is 3. The minimum Gasteiger partial charge on any atom is -0.282 e. The molecule has 8 heteroatoms. The second kappa shape index (κ2) is 7.69. The van der Waals surface area contributed by atoms with Crippen LogP contribution in [-0.2, 0) is 20.9 Å². The molecule has 0 saturated carbocycles. The monoisotopic (exact) mass is 413 g/mol. The van der Waals surface area contributed by atoms with Gasteiger partial charge >= 0.3 is 0 Å². The topological polar surface area (TPSA) is 70.6 Å². The molecule has 0 radical (unpaired) electrons. The van der Waals surface area contributed by atoms with Crippen molar-refractivity contribution in [2.24, 2.45) is 0 Å². The standard InChI is InChI=1S/C20H16ClN3O3S/c21-14-6-7-15-16(10-14)28-20(22-15)24(11-13-4-2-1-3-5-13)19(27)12-23-17(25)8-9-18(23)26/h1-7,10H,8-9,11-12H2. The van der Waals surface area contributed by atoms with Crippen molar-refractivity contribution in [3.63, 3.8) is 0 Å². The van der Waals surface area contributed by atoms with E-state index in [0.717, 1.165) is 20.7 Å². The Balaban J connectivity index is 1.67. The first-order valence-corrected chi connectivity index (χ1v) is 9.94. The molecule has 6 nitrogen and oxygen atoms in total. The minimum absolute atomic E-state index is 0.157. The summed E-state index contributed by atoms with van der Waals surface area (Å²) >= 11 is 7.41. The zero-order valence-electron chi connectivity index (χ0n) is 14.8. The van der Waals surface area contributed by atoms with Crippen LogP contribution in [0.25, 0.3) is 10.2 Å². The molecule has 1 aliphatic rings. The number of hydrogen-bond acceptors (Lipinski definition) is 5. The lowest BCUT2D eigenvalue weighted by atomic mass is 10.2. The molecule has 1 saturated heterocycles. The van der Waals surface area contributed by atoms with Gasteiger partial charge in [0.25, 0.3) is 0 Å². The van der Waals surface area contributed by atoms with E-state index in [9.17, 15) is 14.4 Å². The molecule has 2 heterocycles. The molecule has 1 fully saturated rings. The van der Waals surface area contributed by atoms with Crippen molar-refractivity contribution in [3.8, 4) is 0 Å². The lowest BCUT2D eigenvalue weighted by Crippen LogP contribution is -2.42. The summed E-state index contributed by atoms with van der Waals surface area (Å²) in [4.78, 5) is 44.0. The first kappa shape index (κ1) is 18.6. The summed E-state index contributed by atoms with van der Waals surface area (Å²) in [5.41, 5.74) is 1.66. The van der Waals surface area contributed by atoms with Crippen molar-refractivity contribution in [2.45, 2.75) is 19.4 Å². The lowest BCUT2D eigenvalue weighted by Gasteiger charge is -2.22. The van der Waals surface area contributed by atoms with Gasteiger partial charge in [0.15, 0.2) is 5.13 Å². The molecule has 3 amide bonds. The summed E-state index contributed by atoms with van der Waals surface area (Å²) in [5.74, 6) is -0.971. The highest BCUT2D eigenvalue weighted by Gasteiger charge is 2.32. The fourth-order valence-electron chi connectivity index (χ4n) is 3.05. The van der Waals surface area contributed by atoms with E-state index in [-0.39, 0.29) is 37.1 Å². The van der Waals surface area contributed by atoms with Gasteiger partial charge in [0, 0.05) is 17.9 Å². The number of halogens is 1. The summed E-state index contributed by atoms with van der Waals surface area (Å²) in [6.45, 7) is 0.0185. The predicted octanol–water partition coefficient (Wildman–Crippen LogP) is 3.63. The van der Waals surface area contributed by atoms with Gasteiger partial charge in [-0.15, -0.1) is 0 Å². The van der Waals surface area contributed by atoms with Crippen LogP contribution in [0.15, 0.2) is 48.5 Å². The second-order valence-electron chi connectivity index (χ2n) is 6.45. The molecule has 2 aromatic carbocycles. The number of likely N-dealkylation sites (tertiary alicyclic amines) is 1. The summed E-state index contributed by atoms with van der Waals surface area (Å²) in [6.07, 6.45) is 0.314. The van der Waals surface area contributed by atoms with Crippen molar-refractivity contribution in [3.05, 3.63) is 59.1 Å². The van der Waals surface area contributed by atoms with Crippen LogP contribution in [0.3, 0.4) is 0 Å². The molecule has 1 aliphatic heterocycles. The molecule has 0 spiro atoms. The van der Waals surface area contributed by atoms with Crippen LogP contribution >= 0.6 is 22.9 Å². The number of aromatic nitrogens is 1. The van der Waals surface area contributed by atoms with Crippen LogP contribution < -0.4 is 4.90 Å². The maximum absolute atomic E-state index is 13.1. The molecule has 1 aromatic heterocycles. The number of imide groups is 1. The van der Waals surface area contributed by atoms with Crippen molar-refractivity contribution >= 4 is 56.0 Å². The Morgan fingerprint density at radius 2 is 1.82 bits per heavy atom. The van der Waals surface area contributed by atoms with Crippen molar-refractivity contribution in [1.29, 1.82) is 0 Å². The highest BCUT2D eigenvalue weighted by molar-refractivity contribution is 7.22. The third-order valence-electron chi connectivity index (χ3n) is 4.50. The van der Waals surface area contributed by atoms with Crippen molar-refractivity contribution in [1.82, 2.24) is 9.88 Å². The highest BCUT2D eigenvalue weighted by atomic mass is 35.5. The van der Waals surface area contributed by atoms with Gasteiger partial charge in [-0.1, -0.05) is 53.3 Å². The van der Waals surface area contributed by atoms with Gasteiger partial charge in [-0.3, -0.25) is 24.2 Å². The molecule has 0 bridgehead atoms. The Kier molecular flexibility index (Phi) is 5.11. The van der Waals surface area contributed by atoms with Crippen LogP contribution in [0.2, 0.25) is 5.02 Å². The van der Waals surface area contributed by atoms with Crippen LogP contribution in [-0.4, -0.2) is 34.2 Å². The van der Waals surface area contributed by atoms with Gasteiger partial charge in [0.2, 0.25) is 17.7 Å². The molecule has 3 aromatic rings. The Labute approximate surface area is 170 Å². The van der Waals surface area contributed by atoms with E-state index >= 15 is 0 Å². The Morgan fingerprint density at radius 1 is 1.11 bits per heavy atom. The molecule has 0 aliphatic carbocycles. The fraction of sp³-hybridized carbons (Fsp3) is 0.200. The Bertz CT molecular complexity index is 1050. The van der Waals surface area contributed by atoms with Gasteiger partial charge in [-0.05, 0) is 23.8 Å². The minimum atomic E-state index is -0.349. The number of hydrogen-bond donors (Lipinski definition) is 0. The summed E-state index contributed by atoms with van der Waals surface area (Å²) in [6, 6.07) is 14.9. The van der Waals surface area contributed by atoms with Gasteiger partial charge in [-0.25, -0.2) is 4.98 Å². The molecule has 0 atom stereocenters. The maximum atomic E-state index is 13.1. The van der Waals surface area contributed by atoms with Crippen LogP contribution in [0, 0.1) is 0 Å². The number of thiazole rings is 1. The molecule has 142 valence electrons. The maximum Gasteiger partial charge on any atom is 0.249 e. The van der Waals surface area contributed by atoms with Crippen molar-refractivity contribution in [2.75, 3.05) is 11.4 Å². The van der Waals surface area contributed by atoms with Crippen molar-refractivity contribution < 1.29 is 14.4 Å². The number of benzene rings is 2. The largest absolute Gasteiger partial charge is 0.282 e. The molecular formula is C20H16ClN3O3S. The van der Waals surface area contributed by atoms with Crippen LogP contribution in [0.4, 0.5) is 5.13 Å². The van der Waals surface area contributed by atoms with E-state index in [1.165, 1.54) is 16.2 Å². The number of carbonyl (C=O) groups excluding carboxylic acids is 3. The van der Waals surface area contributed by atoms with E-state index in [0.29, 0.717) is 16.7 Å². The SMILES string of the molecule is O=C1CCC(=O)N1CC(=O)N(Cc1ccccc1)c1nc2ccc(Cl)cc2s1. The number of rotatable bonds is 5. The zero-order chi connectivity index (χ0) is 19.7. The quantitative estimate of drug-likeness (QED) is 0.599. The summed E-state index contributed by atoms with van der Waals surface area (Å²) < 4.78 is 0.863. The average Bonchev–Trinajstić information content (AvgIpc) is 3.24. The second-order valence-corrected chi connectivity index (χ2v) is 7.89. The van der Waals surface area contributed by atoms with Gasteiger partial charge in [-0.2, -0.15) is 0 Å². The first-order chi connectivity index (χ1) is 13.5. The third kappa shape index (κ3) is 3.76. The zero-order valence-corrected chi connectivity index (χ0v) is 16.4. The number of nitrogens with zero attached hydrogens (tertiary/aromatic N) is 3. The first-order valence-electron chi connectivity index (χ1n) is 8.75. The highest BCUT2D eigenvalue weighted by Crippen LogP contribution is 2.32. The Hall–Kier alpha value is -2.77. The predicted molar refractivity (Wildman–Crippen MR) is 108 cm³/mol. The number of fused-ring (bicyclic) bond motifs is 1. The van der Waals surface area contributed by atoms with E-state index in [4.69, 9.17) is 11.6 Å². The molecule has 0 N–H and O–H groups in total. The molecule has 0 unspecified atom stereocenters. The van der Waals surface area contributed by atoms with Gasteiger partial charge in [0.1, 0.15) is 6.54 Å². The van der Waals surface area contributed by atoms with E-state index in [2.05, 4.69) is 4.98 Å². The Morgan fingerprint density at radius 3 is 2.54 bits per heavy atom. The van der Waals surface area contributed by atoms with Crippen LogP contribution in [0.5, 0.6) is 0 Å². The van der Waals surface area contributed by atoms with Gasteiger partial charge in [0.05, 0.1) is 16.8 Å². The average molecular weight is 414 g/mol. The van der Waals surface area contributed by atoms with E-state index < -0.39 is 0 Å². The van der Waals surface area contributed by atoms with E-state index in [1.54, 1.807) is 18.2 Å². The number of anilines is 1. The smallest absolute Gasteiger partial charge is 0.249 e. The molecular weight excluding hydrogens is 398 g/mol. The summed E-state index contributed by atoms with van der Waals surface area (Å²) in [5, 5.41) is 1.10. The fourth-order valence-corrected chi connectivity index (χ4v) is 4.31. The summed E-state index contributed by atoms with van der Waals surface area (Å²) in [7, 11) is 0. The molecule has 28 heavy (non-hydrogen) atoms. The van der Waals surface area contributed by atoms with Gasteiger partial charge < -0.3 is 0 Å².